The molecule has 0 aliphatic rings. The zero-order valence-corrected chi connectivity index (χ0v) is 11.2. The lowest BCUT2D eigenvalue weighted by molar-refractivity contribution is 0.282. The summed E-state index contributed by atoms with van der Waals surface area (Å²) in [5.74, 6) is 0.888. The smallest absolute Gasteiger partial charge is 0.0681 e. The first-order chi connectivity index (χ1) is 8.69. The predicted molar refractivity (Wildman–Crippen MR) is 77.5 cm³/mol. The number of benzene rings is 2. The first-order valence-electron chi connectivity index (χ1n) is 5.86. The minimum Gasteiger partial charge on any atom is -0.398 e. The number of nitrogens with two attached hydrogens (primary N) is 1. The van der Waals surface area contributed by atoms with Crippen LogP contribution in [-0.2, 0) is 12.4 Å². The Kier molecular flexibility index (Phi) is 4.28. The second kappa shape index (κ2) is 5.94. The lowest BCUT2D eigenvalue weighted by atomic mass is 10.2. The molecule has 0 aliphatic heterocycles. The Hall–Kier alpha value is -1.45. The Morgan fingerprint density at radius 3 is 2.33 bits per heavy atom. The summed E-state index contributed by atoms with van der Waals surface area (Å²) in [6.45, 7) is 2.14. The average molecular weight is 259 g/mol. The van der Waals surface area contributed by atoms with E-state index >= 15 is 0 Å². The number of nitrogen functional groups attached to an aromatic ring is 1. The van der Waals surface area contributed by atoms with Crippen molar-refractivity contribution in [2.45, 2.75) is 24.2 Å². The van der Waals surface area contributed by atoms with Gasteiger partial charge in [-0.05, 0) is 35.7 Å². The molecule has 3 heteroatoms. The molecule has 0 amide bonds. The Balaban J connectivity index is 2.02. The topological polar surface area (TPSA) is 46.2 Å². The number of hydrogen-bond donors (Lipinski definition) is 2. The third-order valence-corrected chi connectivity index (χ3v) is 3.93. The van der Waals surface area contributed by atoms with Crippen LogP contribution < -0.4 is 5.73 Å². The fraction of sp³-hybridized carbons (Fsp3) is 0.200. The van der Waals surface area contributed by atoms with Gasteiger partial charge < -0.3 is 10.8 Å². The monoisotopic (exact) mass is 259 g/mol. The van der Waals surface area contributed by atoms with Crippen molar-refractivity contribution in [1.29, 1.82) is 0 Å². The van der Waals surface area contributed by atoms with Crippen LogP contribution in [0.2, 0.25) is 0 Å². The minimum atomic E-state index is 0.0956. The fourth-order valence-electron chi connectivity index (χ4n) is 1.70. The lowest BCUT2D eigenvalue weighted by Crippen LogP contribution is -1.90. The maximum atomic E-state index is 8.98. The molecule has 2 aromatic carbocycles. The largest absolute Gasteiger partial charge is 0.398 e. The van der Waals surface area contributed by atoms with Gasteiger partial charge in [0, 0.05) is 16.3 Å². The quantitative estimate of drug-likeness (QED) is 0.653. The molecule has 0 aliphatic carbocycles. The zero-order valence-electron chi connectivity index (χ0n) is 10.4. The average Bonchev–Trinajstić information content (AvgIpc) is 2.38. The third-order valence-electron chi connectivity index (χ3n) is 2.77. The van der Waals surface area contributed by atoms with Gasteiger partial charge in [0.25, 0.3) is 0 Å². The van der Waals surface area contributed by atoms with Crippen LogP contribution >= 0.6 is 11.8 Å². The molecule has 2 nitrogen and oxygen atoms in total. The molecule has 2 aromatic rings. The van der Waals surface area contributed by atoms with Crippen molar-refractivity contribution in [1.82, 2.24) is 0 Å². The van der Waals surface area contributed by atoms with E-state index in [9.17, 15) is 0 Å². The molecule has 0 atom stereocenters. The van der Waals surface area contributed by atoms with E-state index in [0.717, 1.165) is 21.9 Å². The van der Waals surface area contributed by atoms with Gasteiger partial charge in [0.15, 0.2) is 0 Å². The van der Waals surface area contributed by atoms with Crippen molar-refractivity contribution in [2.75, 3.05) is 5.73 Å². The number of aliphatic hydroxyl groups excluding tert-OH is 1. The second-order valence-electron chi connectivity index (χ2n) is 4.30. The van der Waals surface area contributed by atoms with Crippen molar-refractivity contribution in [2.24, 2.45) is 0 Å². The summed E-state index contributed by atoms with van der Waals surface area (Å²) in [6.07, 6.45) is 0. The molecule has 0 radical (unpaired) electrons. The molecule has 3 N–H and O–H groups in total. The lowest BCUT2D eigenvalue weighted by Gasteiger charge is -2.07. The number of aryl methyl sites for hydroxylation is 1. The summed E-state index contributed by atoms with van der Waals surface area (Å²) >= 11 is 1.73. The molecule has 0 unspecified atom stereocenters. The maximum Gasteiger partial charge on any atom is 0.0681 e. The van der Waals surface area contributed by atoms with E-state index in [4.69, 9.17) is 10.8 Å². The van der Waals surface area contributed by atoms with Gasteiger partial charge in [0.2, 0.25) is 0 Å². The van der Waals surface area contributed by atoms with Gasteiger partial charge in [-0.1, -0.05) is 30.3 Å². The van der Waals surface area contributed by atoms with Crippen molar-refractivity contribution in [3.63, 3.8) is 0 Å². The van der Waals surface area contributed by atoms with Crippen LogP contribution in [0.3, 0.4) is 0 Å². The molecule has 0 saturated heterocycles. The van der Waals surface area contributed by atoms with Crippen molar-refractivity contribution >= 4 is 17.4 Å². The molecule has 0 fully saturated rings. The summed E-state index contributed by atoms with van der Waals surface area (Å²) in [6, 6.07) is 14.1. The van der Waals surface area contributed by atoms with E-state index in [-0.39, 0.29) is 6.61 Å². The second-order valence-corrected chi connectivity index (χ2v) is 5.32. The first-order valence-corrected chi connectivity index (χ1v) is 6.85. The van der Waals surface area contributed by atoms with Crippen LogP contribution in [-0.4, -0.2) is 5.11 Å². The van der Waals surface area contributed by atoms with Gasteiger partial charge in [-0.15, -0.1) is 11.8 Å². The normalized spacial score (nSPS) is 10.6. The summed E-state index contributed by atoms with van der Waals surface area (Å²) < 4.78 is 0. The molecule has 0 bridgehead atoms. The molecule has 18 heavy (non-hydrogen) atoms. The maximum absolute atomic E-state index is 8.98. The molecule has 0 saturated carbocycles. The number of aliphatic hydroxyl groups is 1. The van der Waals surface area contributed by atoms with E-state index in [1.165, 1.54) is 11.1 Å². The molecule has 0 heterocycles. The molecule has 2 rings (SSSR count). The molecule has 94 valence electrons. The van der Waals surface area contributed by atoms with Gasteiger partial charge >= 0.3 is 0 Å². The molecular weight excluding hydrogens is 242 g/mol. The Morgan fingerprint density at radius 1 is 1.06 bits per heavy atom. The van der Waals surface area contributed by atoms with E-state index in [1.807, 2.05) is 37.3 Å². The van der Waals surface area contributed by atoms with Crippen molar-refractivity contribution in [3.05, 3.63) is 59.2 Å². The number of rotatable bonds is 4. The number of thioether (sulfide) groups is 1. The van der Waals surface area contributed by atoms with Crippen LogP contribution in [0.4, 0.5) is 5.69 Å². The van der Waals surface area contributed by atoms with E-state index in [0.29, 0.717) is 0 Å². The van der Waals surface area contributed by atoms with Gasteiger partial charge in [-0.3, -0.25) is 0 Å². The van der Waals surface area contributed by atoms with Crippen LogP contribution in [0.15, 0.2) is 47.4 Å². The number of hydrogen-bond acceptors (Lipinski definition) is 3. The van der Waals surface area contributed by atoms with Crippen LogP contribution in [0.25, 0.3) is 0 Å². The van der Waals surface area contributed by atoms with Gasteiger partial charge in [-0.2, -0.15) is 0 Å². The van der Waals surface area contributed by atoms with Crippen LogP contribution in [0.5, 0.6) is 0 Å². The Labute approximate surface area is 112 Å². The summed E-state index contributed by atoms with van der Waals surface area (Å²) in [5.41, 5.74) is 10.2. The highest BCUT2D eigenvalue weighted by molar-refractivity contribution is 7.98. The van der Waals surface area contributed by atoms with Crippen LogP contribution in [0, 0.1) is 6.92 Å². The van der Waals surface area contributed by atoms with E-state index in [1.54, 1.807) is 11.8 Å². The van der Waals surface area contributed by atoms with E-state index in [2.05, 4.69) is 12.1 Å². The molecule has 0 aromatic heterocycles. The molecule has 0 spiro atoms. The summed E-state index contributed by atoms with van der Waals surface area (Å²) in [5, 5.41) is 8.98. The highest BCUT2D eigenvalue weighted by Gasteiger charge is 2.01. The van der Waals surface area contributed by atoms with Gasteiger partial charge in [0.05, 0.1) is 6.61 Å². The van der Waals surface area contributed by atoms with Gasteiger partial charge in [-0.25, -0.2) is 0 Å². The fourth-order valence-corrected chi connectivity index (χ4v) is 2.61. The van der Waals surface area contributed by atoms with Crippen LogP contribution in [0.1, 0.15) is 16.7 Å². The Bertz CT molecular complexity index is 523. The zero-order chi connectivity index (χ0) is 13.0. The van der Waals surface area contributed by atoms with E-state index < -0.39 is 0 Å². The van der Waals surface area contributed by atoms with Gasteiger partial charge in [0.1, 0.15) is 0 Å². The molecular formula is C15H17NOS. The van der Waals surface area contributed by atoms with Crippen molar-refractivity contribution in [3.8, 4) is 0 Å². The standard InChI is InChI=1S/C15H17NOS/c1-11-2-7-15(14(16)8-11)18-10-13-5-3-12(9-17)4-6-13/h2-8,17H,9-10,16H2,1H3. The predicted octanol–water partition coefficient (Wildman–Crippen LogP) is 3.36. The Morgan fingerprint density at radius 2 is 1.72 bits per heavy atom. The number of anilines is 1. The SMILES string of the molecule is Cc1ccc(SCc2ccc(CO)cc2)c(N)c1. The highest BCUT2D eigenvalue weighted by Crippen LogP contribution is 2.28. The van der Waals surface area contributed by atoms with Crippen molar-refractivity contribution < 1.29 is 5.11 Å². The summed E-state index contributed by atoms with van der Waals surface area (Å²) in [4.78, 5) is 1.12. The minimum absolute atomic E-state index is 0.0956. The summed E-state index contributed by atoms with van der Waals surface area (Å²) in [7, 11) is 0. The third kappa shape index (κ3) is 3.28. The first kappa shape index (κ1) is 13.0. The highest BCUT2D eigenvalue weighted by atomic mass is 32.2.